The molecule has 3 rings (SSSR count). The Morgan fingerprint density at radius 2 is 1.77 bits per heavy atom. The number of hydrogen-bond donors (Lipinski definition) is 2. The first-order chi connectivity index (χ1) is 14.4. The number of nitrogens with zero attached hydrogens (tertiary/aromatic N) is 1. The molecule has 1 fully saturated rings. The summed E-state index contributed by atoms with van der Waals surface area (Å²) in [6.45, 7) is 6.34. The normalized spacial score (nSPS) is 16.2. The summed E-state index contributed by atoms with van der Waals surface area (Å²) < 4.78 is 16.0. The van der Waals surface area contributed by atoms with Gasteiger partial charge < -0.3 is 30.2 Å². The predicted molar refractivity (Wildman–Crippen MR) is 120 cm³/mol. The van der Waals surface area contributed by atoms with E-state index in [0.29, 0.717) is 40.1 Å². The van der Waals surface area contributed by atoms with Crippen LogP contribution >= 0.6 is 0 Å². The van der Waals surface area contributed by atoms with Gasteiger partial charge in [0.1, 0.15) is 0 Å². The zero-order chi connectivity index (χ0) is 21.8. The number of anilines is 3. The lowest BCUT2D eigenvalue weighted by molar-refractivity contribution is 0.102. The number of piperidine rings is 1. The Kier molecular flexibility index (Phi) is 6.59. The minimum Gasteiger partial charge on any atom is -0.493 e. The van der Waals surface area contributed by atoms with E-state index in [9.17, 15) is 4.79 Å². The van der Waals surface area contributed by atoms with Crippen molar-refractivity contribution in [3.63, 3.8) is 0 Å². The molecule has 0 bridgehead atoms. The highest BCUT2D eigenvalue weighted by Crippen LogP contribution is 2.39. The van der Waals surface area contributed by atoms with E-state index in [0.717, 1.165) is 30.8 Å². The van der Waals surface area contributed by atoms with Crippen molar-refractivity contribution in [2.45, 2.75) is 26.7 Å². The third-order valence-corrected chi connectivity index (χ3v) is 5.54. The van der Waals surface area contributed by atoms with E-state index in [1.54, 1.807) is 12.1 Å². The maximum absolute atomic E-state index is 13.0. The lowest BCUT2D eigenvalue weighted by atomic mass is 9.98. The maximum Gasteiger partial charge on any atom is 0.255 e. The number of benzene rings is 2. The Balaban J connectivity index is 1.91. The molecule has 162 valence electrons. The van der Waals surface area contributed by atoms with Gasteiger partial charge in [-0.15, -0.1) is 0 Å². The van der Waals surface area contributed by atoms with Gasteiger partial charge in [-0.05, 0) is 55.5 Å². The number of nitrogens with two attached hydrogens (primary N) is 1. The van der Waals surface area contributed by atoms with Crippen LogP contribution in [0.25, 0.3) is 0 Å². The summed E-state index contributed by atoms with van der Waals surface area (Å²) in [4.78, 5) is 15.4. The predicted octanol–water partition coefficient (Wildman–Crippen LogP) is 4.09. The van der Waals surface area contributed by atoms with Crippen LogP contribution in [-0.2, 0) is 0 Å². The van der Waals surface area contributed by atoms with Crippen molar-refractivity contribution in [3.05, 3.63) is 35.4 Å². The number of ether oxygens (including phenoxy) is 3. The van der Waals surface area contributed by atoms with Crippen molar-refractivity contribution >= 4 is 23.0 Å². The van der Waals surface area contributed by atoms with Gasteiger partial charge in [-0.2, -0.15) is 0 Å². The molecular weight excluding hydrogens is 382 g/mol. The van der Waals surface area contributed by atoms with Crippen LogP contribution in [0.5, 0.6) is 17.2 Å². The number of carbonyl (C=O) groups excluding carboxylic acids is 1. The molecule has 3 N–H and O–H groups in total. The summed E-state index contributed by atoms with van der Waals surface area (Å²) in [7, 11) is 4.56. The zero-order valence-corrected chi connectivity index (χ0v) is 18.4. The highest BCUT2D eigenvalue weighted by atomic mass is 16.5. The summed E-state index contributed by atoms with van der Waals surface area (Å²) in [6, 6.07) is 7.13. The van der Waals surface area contributed by atoms with E-state index in [1.807, 2.05) is 12.1 Å². The number of methoxy groups -OCH3 is 3. The highest BCUT2D eigenvalue weighted by molar-refractivity contribution is 6.07. The first kappa shape index (κ1) is 21.6. The molecule has 1 saturated heterocycles. The van der Waals surface area contributed by atoms with E-state index in [1.165, 1.54) is 27.8 Å². The summed E-state index contributed by atoms with van der Waals surface area (Å²) in [5.41, 5.74) is 9.95. The first-order valence-electron chi connectivity index (χ1n) is 10.1. The fourth-order valence-corrected chi connectivity index (χ4v) is 3.98. The lowest BCUT2D eigenvalue weighted by Gasteiger charge is -2.34. The molecule has 30 heavy (non-hydrogen) atoms. The number of hydrogen-bond acceptors (Lipinski definition) is 6. The molecule has 1 heterocycles. The SMILES string of the molecule is COc1cc(C(=O)Nc2cc(N3CCC[C@@H](C)C3)c(C)cc2N)cc(OC)c1OC. The van der Waals surface area contributed by atoms with Crippen LogP contribution in [-0.4, -0.2) is 40.3 Å². The number of amides is 1. The molecule has 2 aromatic carbocycles. The van der Waals surface area contributed by atoms with Crippen LogP contribution < -0.4 is 30.2 Å². The van der Waals surface area contributed by atoms with Gasteiger partial charge >= 0.3 is 0 Å². The summed E-state index contributed by atoms with van der Waals surface area (Å²) >= 11 is 0. The molecule has 1 aliphatic rings. The molecule has 1 amide bonds. The Hall–Kier alpha value is -3.09. The second-order valence-corrected chi connectivity index (χ2v) is 7.79. The molecule has 7 heteroatoms. The smallest absolute Gasteiger partial charge is 0.255 e. The maximum atomic E-state index is 13.0. The molecular formula is C23H31N3O4. The van der Waals surface area contributed by atoms with Crippen LogP contribution in [0.2, 0.25) is 0 Å². The second-order valence-electron chi connectivity index (χ2n) is 7.79. The summed E-state index contributed by atoms with van der Waals surface area (Å²) in [5, 5.41) is 2.94. The molecule has 7 nitrogen and oxygen atoms in total. The highest BCUT2D eigenvalue weighted by Gasteiger charge is 2.21. The monoisotopic (exact) mass is 413 g/mol. The first-order valence-corrected chi connectivity index (χ1v) is 10.1. The van der Waals surface area contributed by atoms with Gasteiger partial charge in [0, 0.05) is 24.3 Å². The third kappa shape index (κ3) is 4.40. The van der Waals surface area contributed by atoms with Gasteiger partial charge in [-0.25, -0.2) is 0 Å². The lowest BCUT2D eigenvalue weighted by Crippen LogP contribution is -2.34. The third-order valence-electron chi connectivity index (χ3n) is 5.54. The Labute approximate surface area is 178 Å². The van der Waals surface area contributed by atoms with Crippen LogP contribution in [0.3, 0.4) is 0 Å². The van der Waals surface area contributed by atoms with Crippen LogP contribution in [0.15, 0.2) is 24.3 Å². The number of aryl methyl sites for hydroxylation is 1. The van der Waals surface area contributed by atoms with Gasteiger partial charge in [0.15, 0.2) is 11.5 Å². The van der Waals surface area contributed by atoms with Gasteiger partial charge in [-0.3, -0.25) is 4.79 Å². The topological polar surface area (TPSA) is 86.1 Å². The Morgan fingerprint density at radius 1 is 1.10 bits per heavy atom. The Morgan fingerprint density at radius 3 is 2.33 bits per heavy atom. The van der Waals surface area contributed by atoms with Crippen LogP contribution in [0.4, 0.5) is 17.1 Å². The van der Waals surface area contributed by atoms with Gasteiger partial charge in [0.2, 0.25) is 5.75 Å². The summed E-state index contributed by atoms with van der Waals surface area (Å²) in [5.74, 6) is 1.62. The van der Waals surface area contributed by atoms with Crippen LogP contribution in [0, 0.1) is 12.8 Å². The fourth-order valence-electron chi connectivity index (χ4n) is 3.98. The second kappa shape index (κ2) is 9.15. The molecule has 0 aliphatic carbocycles. The minimum absolute atomic E-state index is 0.303. The molecule has 0 spiro atoms. The van der Waals surface area contributed by atoms with Gasteiger partial charge in [-0.1, -0.05) is 6.92 Å². The standard InChI is InChI=1S/C23H31N3O4/c1-14-7-6-8-26(13-14)19-12-18(17(24)9-15(19)2)25-23(27)16-10-20(28-3)22(30-5)21(11-16)29-4/h9-12,14H,6-8,13,24H2,1-5H3,(H,25,27)/t14-/m1/s1. The van der Waals surface area contributed by atoms with Gasteiger partial charge in [0.05, 0.1) is 32.7 Å². The largest absolute Gasteiger partial charge is 0.493 e. The van der Waals surface area contributed by atoms with Crippen molar-refractivity contribution in [2.75, 3.05) is 50.4 Å². The van der Waals surface area contributed by atoms with E-state index in [2.05, 4.69) is 24.1 Å². The van der Waals surface area contributed by atoms with Crippen LogP contribution in [0.1, 0.15) is 35.7 Å². The van der Waals surface area contributed by atoms with E-state index >= 15 is 0 Å². The number of nitrogens with one attached hydrogen (secondary N) is 1. The molecule has 0 radical (unpaired) electrons. The van der Waals surface area contributed by atoms with Gasteiger partial charge in [0.25, 0.3) is 5.91 Å². The molecule has 1 atom stereocenters. The van der Waals surface area contributed by atoms with E-state index in [4.69, 9.17) is 19.9 Å². The molecule has 2 aromatic rings. The van der Waals surface area contributed by atoms with E-state index in [-0.39, 0.29) is 5.91 Å². The van der Waals surface area contributed by atoms with Crippen molar-refractivity contribution < 1.29 is 19.0 Å². The van der Waals surface area contributed by atoms with E-state index < -0.39 is 0 Å². The summed E-state index contributed by atoms with van der Waals surface area (Å²) in [6.07, 6.45) is 2.41. The van der Waals surface area contributed by atoms with Crippen molar-refractivity contribution in [2.24, 2.45) is 5.92 Å². The van der Waals surface area contributed by atoms with Crippen molar-refractivity contribution in [3.8, 4) is 17.2 Å². The van der Waals surface area contributed by atoms with Crippen molar-refractivity contribution in [1.82, 2.24) is 0 Å². The number of carbonyl (C=O) groups is 1. The molecule has 0 saturated carbocycles. The minimum atomic E-state index is -0.303. The number of rotatable bonds is 6. The molecule has 0 aromatic heterocycles. The molecule has 0 unspecified atom stereocenters. The fraction of sp³-hybridized carbons (Fsp3) is 0.435. The Bertz CT molecular complexity index is 904. The zero-order valence-electron chi connectivity index (χ0n) is 18.4. The quantitative estimate of drug-likeness (QED) is 0.694. The van der Waals surface area contributed by atoms with Crippen molar-refractivity contribution in [1.29, 1.82) is 0 Å². The number of nitrogen functional groups attached to an aromatic ring is 1. The molecule has 1 aliphatic heterocycles. The average Bonchev–Trinajstić information content (AvgIpc) is 2.74. The average molecular weight is 414 g/mol.